The second kappa shape index (κ2) is 4.60. The lowest BCUT2D eigenvalue weighted by Gasteiger charge is -2.36. The van der Waals surface area contributed by atoms with E-state index in [0.29, 0.717) is 18.1 Å². The van der Waals surface area contributed by atoms with Crippen LogP contribution < -0.4 is 5.32 Å². The van der Waals surface area contributed by atoms with Gasteiger partial charge in [-0.2, -0.15) is 0 Å². The molecule has 1 unspecified atom stereocenters. The van der Waals surface area contributed by atoms with Crippen molar-refractivity contribution >= 4 is 0 Å². The molecule has 0 aromatic carbocycles. The number of rotatable bonds is 6. The molecular formula is C11H21NO2. The fourth-order valence-corrected chi connectivity index (χ4v) is 2.04. The molecule has 82 valence electrons. The predicted octanol–water partition coefficient (Wildman–Crippen LogP) is 0.914. The molecule has 0 amide bonds. The Hall–Kier alpha value is -0.120. The number of hydrogen-bond acceptors (Lipinski definition) is 3. The van der Waals surface area contributed by atoms with Crippen molar-refractivity contribution in [2.45, 2.75) is 50.9 Å². The lowest BCUT2D eigenvalue weighted by molar-refractivity contribution is -0.0128. The molecule has 0 bridgehead atoms. The third-order valence-electron chi connectivity index (χ3n) is 3.28. The van der Waals surface area contributed by atoms with E-state index in [-0.39, 0.29) is 6.10 Å². The number of ether oxygens (including phenoxy) is 1. The van der Waals surface area contributed by atoms with Crippen LogP contribution in [-0.2, 0) is 4.74 Å². The highest BCUT2D eigenvalue weighted by atomic mass is 16.5. The molecule has 0 spiro atoms. The van der Waals surface area contributed by atoms with Gasteiger partial charge in [0.15, 0.2) is 0 Å². The summed E-state index contributed by atoms with van der Waals surface area (Å²) in [7, 11) is 0. The third kappa shape index (κ3) is 2.69. The molecule has 3 heteroatoms. The summed E-state index contributed by atoms with van der Waals surface area (Å²) in [5.41, 5.74) is 0. The topological polar surface area (TPSA) is 41.5 Å². The molecule has 0 aliphatic heterocycles. The average molecular weight is 199 g/mol. The number of aliphatic hydroxyl groups excluding tert-OH is 1. The van der Waals surface area contributed by atoms with Crippen LogP contribution in [0.3, 0.4) is 0 Å². The summed E-state index contributed by atoms with van der Waals surface area (Å²) < 4.78 is 5.47. The van der Waals surface area contributed by atoms with Crippen LogP contribution in [0.2, 0.25) is 0 Å². The summed E-state index contributed by atoms with van der Waals surface area (Å²) in [6.07, 6.45) is 5.03. The zero-order valence-corrected chi connectivity index (χ0v) is 8.91. The molecule has 2 saturated carbocycles. The fourth-order valence-electron chi connectivity index (χ4n) is 2.04. The molecule has 2 aliphatic rings. The largest absolute Gasteiger partial charge is 0.392 e. The van der Waals surface area contributed by atoms with Gasteiger partial charge in [0.05, 0.1) is 12.2 Å². The molecule has 2 aliphatic carbocycles. The van der Waals surface area contributed by atoms with Gasteiger partial charge in [0.2, 0.25) is 0 Å². The predicted molar refractivity (Wildman–Crippen MR) is 55.2 cm³/mol. The van der Waals surface area contributed by atoms with Crippen LogP contribution in [0.1, 0.15) is 32.6 Å². The maximum Gasteiger partial charge on any atom is 0.0692 e. The monoisotopic (exact) mass is 199 g/mol. The Balaban J connectivity index is 1.51. The first-order valence-corrected chi connectivity index (χ1v) is 5.82. The molecular weight excluding hydrogens is 178 g/mol. The minimum Gasteiger partial charge on any atom is -0.392 e. The second-order valence-corrected chi connectivity index (χ2v) is 4.56. The Bertz CT molecular complexity index is 176. The highest BCUT2D eigenvalue weighted by molar-refractivity contribution is 4.88. The van der Waals surface area contributed by atoms with E-state index in [1.54, 1.807) is 0 Å². The van der Waals surface area contributed by atoms with Crippen LogP contribution in [0, 0.1) is 5.92 Å². The van der Waals surface area contributed by atoms with Gasteiger partial charge in [-0.1, -0.05) is 0 Å². The zero-order valence-electron chi connectivity index (χ0n) is 8.91. The van der Waals surface area contributed by atoms with E-state index >= 15 is 0 Å². The Morgan fingerprint density at radius 2 is 2.14 bits per heavy atom. The Kier molecular flexibility index (Phi) is 3.42. The highest BCUT2D eigenvalue weighted by Gasteiger charge is 2.33. The molecule has 2 fully saturated rings. The van der Waals surface area contributed by atoms with Gasteiger partial charge in [0.1, 0.15) is 0 Å². The van der Waals surface area contributed by atoms with Crippen molar-refractivity contribution < 1.29 is 9.84 Å². The summed E-state index contributed by atoms with van der Waals surface area (Å²) in [5.74, 6) is 0.588. The number of nitrogens with one attached hydrogen (secondary N) is 1. The maximum atomic E-state index is 9.63. The van der Waals surface area contributed by atoms with E-state index in [0.717, 1.165) is 26.0 Å². The van der Waals surface area contributed by atoms with Gasteiger partial charge in [0, 0.05) is 19.2 Å². The molecule has 0 aromatic rings. The first-order valence-electron chi connectivity index (χ1n) is 5.82. The SMILES string of the molecule is CCOC1CC(NCC(O)C2CC2)C1. The van der Waals surface area contributed by atoms with Gasteiger partial charge >= 0.3 is 0 Å². The van der Waals surface area contributed by atoms with Gasteiger partial charge in [-0.15, -0.1) is 0 Å². The van der Waals surface area contributed by atoms with Crippen molar-refractivity contribution in [3.8, 4) is 0 Å². The maximum absolute atomic E-state index is 9.63. The standard InChI is InChI=1S/C11H21NO2/c1-2-14-10-5-9(6-10)12-7-11(13)8-3-4-8/h8-13H,2-7H2,1H3. The third-order valence-corrected chi connectivity index (χ3v) is 3.28. The summed E-state index contributed by atoms with van der Waals surface area (Å²) in [5, 5.41) is 13.0. The van der Waals surface area contributed by atoms with Crippen molar-refractivity contribution in [3.05, 3.63) is 0 Å². The van der Waals surface area contributed by atoms with E-state index in [1.807, 2.05) is 6.92 Å². The van der Waals surface area contributed by atoms with Gasteiger partial charge in [-0.3, -0.25) is 0 Å². The lowest BCUT2D eigenvalue weighted by atomic mass is 9.89. The first-order chi connectivity index (χ1) is 6.79. The molecule has 1 atom stereocenters. The van der Waals surface area contributed by atoms with Gasteiger partial charge in [-0.25, -0.2) is 0 Å². The van der Waals surface area contributed by atoms with Crippen LogP contribution >= 0.6 is 0 Å². The van der Waals surface area contributed by atoms with Crippen LogP contribution in [-0.4, -0.2) is 36.5 Å². The first kappa shape index (κ1) is 10.4. The molecule has 0 heterocycles. The molecule has 2 N–H and O–H groups in total. The quantitative estimate of drug-likeness (QED) is 0.668. The zero-order chi connectivity index (χ0) is 9.97. The van der Waals surface area contributed by atoms with E-state index in [2.05, 4.69) is 5.32 Å². The smallest absolute Gasteiger partial charge is 0.0692 e. The van der Waals surface area contributed by atoms with E-state index in [1.165, 1.54) is 12.8 Å². The van der Waals surface area contributed by atoms with Crippen LogP contribution in [0.5, 0.6) is 0 Å². The van der Waals surface area contributed by atoms with Crippen molar-refractivity contribution in [1.29, 1.82) is 0 Å². The number of hydrogen-bond donors (Lipinski definition) is 2. The summed E-state index contributed by atoms with van der Waals surface area (Å²) in [4.78, 5) is 0. The fraction of sp³-hybridized carbons (Fsp3) is 1.00. The summed E-state index contributed by atoms with van der Waals surface area (Å²) in [6, 6.07) is 0.583. The van der Waals surface area contributed by atoms with Crippen LogP contribution in [0.15, 0.2) is 0 Å². The van der Waals surface area contributed by atoms with Crippen LogP contribution in [0.4, 0.5) is 0 Å². The van der Waals surface area contributed by atoms with E-state index in [4.69, 9.17) is 4.74 Å². The summed E-state index contributed by atoms with van der Waals surface area (Å²) >= 11 is 0. The summed E-state index contributed by atoms with van der Waals surface area (Å²) in [6.45, 7) is 3.63. The second-order valence-electron chi connectivity index (χ2n) is 4.56. The van der Waals surface area contributed by atoms with Crippen LogP contribution in [0.25, 0.3) is 0 Å². The van der Waals surface area contributed by atoms with Gasteiger partial charge in [-0.05, 0) is 38.5 Å². The molecule has 2 rings (SSSR count). The molecule has 14 heavy (non-hydrogen) atoms. The Morgan fingerprint density at radius 1 is 1.43 bits per heavy atom. The van der Waals surface area contributed by atoms with Crippen molar-refractivity contribution in [1.82, 2.24) is 5.32 Å². The molecule has 0 radical (unpaired) electrons. The minimum atomic E-state index is -0.110. The van der Waals surface area contributed by atoms with Crippen molar-refractivity contribution in [2.75, 3.05) is 13.2 Å². The minimum absolute atomic E-state index is 0.110. The molecule has 0 saturated heterocycles. The Morgan fingerprint density at radius 3 is 2.71 bits per heavy atom. The van der Waals surface area contributed by atoms with E-state index in [9.17, 15) is 5.11 Å². The molecule has 0 aromatic heterocycles. The average Bonchev–Trinajstić information content (AvgIpc) is 2.90. The highest BCUT2D eigenvalue weighted by Crippen LogP contribution is 2.32. The lowest BCUT2D eigenvalue weighted by Crippen LogP contribution is -2.47. The Labute approximate surface area is 85.8 Å². The van der Waals surface area contributed by atoms with Crippen molar-refractivity contribution in [2.24, 2.45) is 5.92 Å². The normalized spacial score (nSPS) is 33.9. The van der Waals surface area contributed by atoms with Crippen molar-refractivity contribution in [3.63, 3.8) is 0 Å². The van der Waals surface area contributed by atoms with Gasteiger partial charge in [0.25, 0.3) is 0 Å². The molecule has 3 nitrogen and oxygen atoms in total. The van der Waals surface area contributed by atoms with E-state index < -0.39 is 0 Å². The van der Waals surface area contributed by atoms with Gasteiger partial charge < -0.3 is 15.2 Å². The number of aliphatic hydroxyl groups is 1.